The third kappa shape index (κ3) is 6.16. The van der Waals surface area contributed by atoms with Crippen LogP contribution in [0, 0.1) is 0 Å². The molecule has 7 nitrogen and oxygen atoms in total. The Hall–Kier alpha value is -3.16. The normalized spacial score (nSPS) is 10.8. The number of anilines is 4. The molecule has 0 fully saturated rings. The molecule has 0 unspecified atom stereocenters. The van der Waals surface area contributed by atoms with Crippen molar-refractivity contribution >= 4 is 58.6 Å². The van der Waals surface area contributed by atoms with E-state index in [1.807, 2.05) is 13.8 Å². The van der Waals surface area contributed by atoms with E-state index in [1.54, 1.807) is 48.5 Å². The van der Waals surface area contributed by atoms with Crippen molar-refractivity contribution < 1.29 is 4.79 Å². The number of nitrogens with zero attached hydrogens (tertiary/aromatic N) is 3. The Labute approximate surface area is 190 Å². The quantitative estimate of drug-likeness (QED) is 0.281. The van der Waals surface area contributed by atoms with Crippen molar-refractivity contribution in [3.05, 3.63) is 69.7 Å². The topological polar surface area (TPSA) is 91.8 Å². The maximum Gasteiger partial charge on any atom is 0.233 e. The smallest absolute Gasteiger partial charge is 0.233 e. The molecule has 0 saturated carbocycles. The first kappa shape index (κ1) is 22.5. The Balaban J connectivity index is 1.73. The molecule has 0 spiro atoms. The largest absolute Gasteiger partial charge is 0.354 e. The molecular formula is C22H22Cl2N6O. The highest BCUT2D eigenvalue weighted by molar-refractivity contribution is 6.37. The Bertz CT molecular complexity index is 1040. The van der Waals surface area contributed by atoms with E-state index >= 15 is 0 Å². The second-order valence-electron chi connectivity index (χ2n) is 6.40. The zero-order valence-electron chi connectivity index (χ0n) is 17.1. The van der Waals surface area contributed by atoms with E-state index in [-0.39, 0.29) is 5.78 Å². The van der Waals surface area contributed by atoms with Gasteiger partial charge in [0.1, 0.15) is 0 Å². The molecule has 0 aliphatic carbocycles. The van der Waals surface area contributed by atoms with Crippen LogP contribution in [0.2, 0.25) is 10.0 Å². The predicted octanol–water partition coefficient (Wildman–Crippen LogP) is 5.68. The highest BCUT2D eigenvalue weighted by Crippen LogP contribution is 2.25. The fourth-order valence-electron chi connectivity index (χ4n) is 2.68. The first-order chi connectivity index (χ1) is 15.0. The van der Waals surface area contributed by atoms with Crippen LogP contribution in [-0.2, 0) is 0 Å². The molecule has 0 aliphatic heterocycles. The molecule has 3 rings (SSSR count). The van der Waals surface area contributed by atoms with Crippen LogP contribution >= 0.6 is 23.2 Å². The summed E-state index contributed by atoms with van der Waals surface area (Å²) in [4.78, 5) is 25.5. The minimum atomic E-state index is -0.161. The van der Waals surface area contributed by atoms with Crippen LogP contribution in [-0.4, -0.2) is 33.8 Å². The van der Waals surface area contributed by atoms with Crippen molar-refractivity contribution in [3.63, 3.8) is 0 Å². The zero-order chi connectivity index (χ0) is 22.2. The molecule has 0 aliphatic rings. The number of hydrogen-bond acceptors (Lipinski definition) is 7. The van der Waals surface area contributed by atoms with Crippen molar-refractivity contribution in [1.82, 2.24) is 15.0 Å². The van der Waals surface area contributed by atoms with Gasteiger partial charge in [0.05, 0.1) is 0 Å². The Morgan fingerprint density at radius 3 is 1.97 bits per heavy atom. The molecule has 2 aromatic carbocycles. The third-order valence-corrected chi connectivity index (χ3v) is 4.79. The lowest BCUT2D eigenvalue weighted by molar-refractivity contribution is 0.104. The van der Waals surface area contributed by atoms with E-state index in [0.29, 0.717) is 52.1 Å². The van der Waals surface area contributed by atoms with Gasteiger partial charge in [0.15, 0.2) is 5.78 Å². The zero-order valence-corrected chi connectivity index (χ0v) is 18.6. The minimum absolute atomic E-state index is 0.161. The lowest BCUT2D eigenvalue weighted by Gasteiger charge is -2.10. The van der Waals surface area contributed by atoms with Crippen molar-refractivity contribution in [2.24, 2.45) is 0 Å². The summed E-state index contributed by atoms with van der Waals surface area (Å²) in [6.45, 7) is 5.32. The number of benzene rings is 2. The molecule has 1 aromatic heterocycles. The van der Waals surface area contributed by atoms with E-state index in [4.69, 9.17) is 23.2 Å². The number of nitrogens with one attached hydrogen (secondary N) is 3. The van der Waals surface area contributed by atoms with E-state index in [2.05, 4.69) is 30.9 Å². The molecule has 3 aromatic rings. The van der Waals surface area contributed by atoms with Crippen LogP contribution in [0.5, 0.6) is 0 Å². The first-order valence-electron chi connectivity index (χ1n) is 9.77. The highest BCUT2D eigenvalue weighted by atomic mass is 35.5. The summed E-state index contributed by atoms with van der Waals surface area (Å²) in [6.07, 6.45) is 3.07. The summed E-state index contributed by atoms with van der Waals surface area (Å²) in [5.41, 5.74) is 1.88. The number of aromatic nitrogens is 3. The van der Waals surface area contributed by atoms with Gasteiger partial charge in [-0.15, -0.1) is 0 Å². The van der Waals surface area contributed by atoms with Gasteiger partial charge in [-0.1, -0.05) is 29.3 Å². The summed E-state index contributed by atoms with van der Waals surface area (Å²) >= 11 is 12.3. The lowest BCUT2D eigenvalue weighted by Crippen LogP contribution is -2.10. The molecule has 0 amide bonds. The minimum Gasteiger partial charge on any atom is -0.354 e. The molecular weight excluding hydrogens is 435 g/mol. The summed E-state index contributed by atoms with van der Waals surface area (Å²) in [5.74, 6) is 1.19. The average Bonchev–Trinajstić information content (AvgIpc) is 2.74. The molecule has 31 heavy (non-hydrogen) atoms. The van der Waals surface area contributed by atoms with E-state index in [0.717, 1.165) is 5.69 Å². The van der Waals surface area contributed by atoms with Gasteiger partial charge >= 0.3 is 0 Å². The monoisotopic (exact) mass is 456 g/mol. The van der Waals surface area contributed by atoms with Gasteiger partial charge in [0.25, 0.3) is 0 Å². The van der Waals surface area contributed by atoms with Crippen LogP contribution in [0.25, 0.3) is 6.08 Å². The van der Waals surface area contributed by atoms with E-state index < -0.39 is 0 Å². The number of hydrogen-bond donors (Lipinski definition) is 3. The highest BCUT2D eigenvalue weighted by Gasteiger charge is 2.08. The summed E-state index contributed by atoms with van der Waals surface area (Å²) in [7, 11) is 0. The maximum absolute atomic E-state index is 12.5. The standard InChI is InChI=1S/C22H22Cl2N6O/c1-3-25-20-28-21(26-4-2)30-22(29-20)27-15-10-8-14(9-11-15)19(31)13-12-16-17(23)6-5-7-18(16)24/h5-13H,3-4H2,1-2H3,(H3,25,26,27,28,29,30)/b13-12+. The molecule has 9 heteroatoms. The number of ketones is 1. The van der Waals surface area contributed by atoms with Crippen molar-refractivity contribution in [2.45, 2.75) is 13.8 Å². The molecule has 0 bridgehead atoms. The fraction of sp³-hybridized carbons (Fsp3) is 0.182. The van der Waals surface area contributed by atoms with Gasteiger partial charge in [-0.2, -0.15) is 15.0 Å². The van der Waals surface area contributed by atoms with E-state index in [9.17, 15) is 4.79 Å². The van der Waals surface area contributed by atoms with Gasteiger partial charge in [0.2, 0.25) is 17.8 Å². The first-order valence-corrected chi connectivity index (χ1v) is 10.5. The summed E-state index contributed by atoms with van der Waals surface area (Å²) in [6, 6.07) is 12.2. The van der Waals surface area contributed by atoms with Gasteiger partial charge in [-0.3, -0.25) is 4.79 Å². The average molecular weight is 457 g/mol. The molecule has 160 valence electrons. The molecule has 0 atom stereocenters. The van der Waals surface area contributed by atoms with Gasteiger partial charge < -0.3 is 16.0 Å². The molecule has 0 saturated heterocycles. The molecule has 1 heterocycles. The van der Waals surface area contributed by atoms with Gasteiger partial charge in [0, 0.05) is 39.9 Å². The maximum atomic E-state index is 12.5. The van der Waals surface area contributed by atoms with Crippen molar-refractivity contribution in [1.29, 1.82) is 0 Å². The number of rotatable bonds is 9. The van der Waals surface area contributed by atoms with Crippen LogP contribution in [0.3, 0.4) is 0 Å². The Kier molecular flexibility index (Phi) is 7.81. The number of carbonyl (C=O) groups excluding carboxylic acids is 1. The number of carbonyl (C=O) groups is 1. The Morgan fingerprint density at radius 2 is 1.42 bits per heavy atom. The second-order valence-corrected chi connectivity index (χ2v) is 7.22. The van der Waals surface area contributed by atoms with Crippen LogP contribution in [0.4, 0.5) is 23.5 Å². The Morgan fingerprint density at radius 1 is 0.871 bits per heavy atom. The van der Waals surface area contributed by atoms with Gasteiger partial charge in [-0.25, -0.2) is 0 Å². The van der Waals surface area contributed by atoms with Crippen LogP contribution in [0.1, 0.15) is 29.8 Å². The summed E-state index contributed by atoms with van der Waals surface area (Å²) in [5, 5.41) is 10.3. The SMILES string of the molecule is CCNc1nc(NCC)nc(Nc2ccc(C(=O)/C=C/c3c(Cl)cccc3Cl)cc2)n1. The van der Waals surface area contributed by atoms with Gasteiger partial charge in [-0.05, 0) is 62.4 Å². The van der Waals surface area contributed by atoms with E-state index in [1.165, 1.54) is 6.08 Å². The third-order valence-electron chi connectivity index (χ3n) is 4.13. The number of allylic oxidation sites excluding steroid dienone is 1. The van der Waals surface area contributed by atoms with Crippen molar-refractivity contribution in [2.75, 3.05) is 29.0 Å². The number of halogens is 2. The second kappa shape index (κ2) is 10.7. The fourth-order valence-corrected chi connectivity index (χ4v) is 3.20. The predicted molar refractivity (Wildman–Crippen MR) is 128 cm³/mol. The van der Waals surface area contributed by atoms with Crippen molar-refractivity contribution in [3.8, 4) is 0 Å². The van der Waals surface area contributed by atoms with Crippen LogP contribution < -0.4 is 16.0 Å². The lowest BCUT2D eigenvalue weighted by atomic mass is 10.1. The van der Waals surface area contributed by atoms with Crippen LogP contribution in [0.15, 0.2) is 48.5 Å². The molecule has 3 N–H and O–H groups in total. The summed E-state index contributed by atoms with van der Waals surface area (Å²) < 4.78 is 0. The molecule has 0 radical (unpaired) electrons.